The molecule has 4 aromatic rings. The Hall–Kier alpha value is -8.27. The van der Waals surface area contributed by atoms with Crippen LogP contribution in [0.3, 0.4) is 0 Å². The summed E-state index contributed by atoms with van der Waals surface area (Å²) in [6.07, 6.45) is -1.73. The van der Waals surface area contributed by atoms with E-state index >= 15 is 0 Å². The maximum Gasteiger partial charge on any atom is 0.416 e. The van der Waals surface area contributed by atoms with E-state index in [9.17, 15) is 56.8 Å². The van der Waals surface area contributed by atoms with E-state index in [1.54, 1.807) is 74.3 Å². The summed E-state index contributed by atoms with van der Waals surface area (Å²) in [5.74, 6) is -3.82. The molecule has 22 nitrogen and oxygen atoms in total. The topological polar surface area (TPSA) is 271 Å². The molecular weight excluding hydrogens is 1070 g/mol. The number of fused-ring (bicyclic) bond motifs is 1. The summed E-state index contributed by atoms with van der Waals surface area (Å²) in [6, 6.07) is 12.2. The number of aromatic nitrogens is 4. The third-order valence-corrected chi connectivity index (χ3v) is 15.2. The fourth-order valence-corrected chi connectivity index (χ4v) is 11.1. The number of alkyl halides is 3. The minimum absolute atomic E-state index is 0.00772. The van der Waals surface area contributed by atoms with E-state index in [1.807, 2.05) is 6.07 Å². The molecule has 0 bridgehead atoms. The number of hydrogen-bond acceptors (Lipinski definition) is 15. The average molecular weight is 1140 g/mol. The van der Waals surface area contributed by atoms with Crippen LogP contribution in [-0.4, -0.2) is 109 Å². The van der Waals surface area contributed by atoms with Crippen LogP contribution >= 0.6 is 0 Å². The number of rotatable bonds is 21. The summed E-state index contributed by atoms with van der Waals surface area (Å²) in [6.45, 7) is 9.78. The minimum atomic E-state index is -4.77. The van der Waals surface area contributed by atoms with Gasteiger partial charge in [0.2, 0.25) is 17.7 Å². The number of imide groups is 1. The van der Waals surface area contributed by atoms with E-state index in [1.165, 1.54) is 11.8 Å². The summed E-state index contributed by atoms with van der Waals surface area (Å²) in [7, 11) is 1.79. The molecule has 1 saturated carbocycles. The van der Waals surface area contributed by atoms with Crippen LogP contribution in [0.1, 0.15) is 143 Å². The van der Waals surface area contributed by atoms with Crippen molar-refractivity contribution in [2.45, 2.75) is 142 Å². The molecule has 2 aromatic heterocycles. The molecule has 8 rings (SSSR count). The second kappa shape index (κ2) is 25.3. The Morgan fingerprint density at radius 2 is 1.65 bits per heavy atom. The zero-order valence-corrected chi connectivity index (χ0v) is 46.6. The lowest BCUT2D eigenvalue weighted by Crippen LogP contribution is -2.53. The summed E-state index contributed by atoms with van der Waals surface area (Å²) in [5, 5.41) is 26.7. The van der Waals surface area contributed by atoms with Gasteiger partial charge in [0.15, 0.2) is 0 Å². The summed E-state index contributed by atoms with van der Waals surface area (Å²) in [4.78, 5) is 118. The molecule has 3 fully saturated rings. The SMILES string of the molecule is CC1CC(c2cc(N(CCC#N)C(=O)OCc3ccc(NC(=O)[C@H](C)NC(=O)[C@@H](NC(=O)CCCC(=O)ON4C(=O)CCC4=O)C(C)C)cc3)nc(N3Cc4c(cc(CN5CCC[C@H](C)C5)cc4C(F)(F)F)C3=O)c2)(c2nncn2C)C1. The second-order valence-electron chi connectivity index (χ2n) is 22.2. The highest BCUT2D eigenvalue weighted by atomic mass is 19.4. The molecule has 5 heterocycles. The predicted octanol–water partition coefficient (Wildman–Crippen LogP) is 6.76. The zero-order valence-electron chi connectivity index (χ0n) is 46.6. The zero-order chi connectivity index (χ0) is 59.2. The number of ether oxygens (including phenoxy) is 1. The number of piperidine rings is 1. The fourth-order valence-electron chi connectivity index (χ4n) is 11.1. The maximum absolute atomic E-state index is 15.0. The highest BCUT2D eigenvalue weighted by molar-refractivity contribution is 6.10. The van der Waals surface area contributed by atoms with Crippen LogP contribution in [0.2, 0.25) is 0 Å². The van der Waals surface area contributed by atoms with Crippen molar-refractivity contribution in [2.24, 2.45) is 24.8 Å². The normalized spacial score (nSPS) is 19.7. The van der Waals surface area contributed by atoms with Crippen LogP contribution in [0.15, 0.2) is 54.9 Å². The number of nitrogens with zero attached hydrogens (tertiary/aromatic N) is 9. The standard InChI is InChI=1S/C57H67F3N12O10/c1-33(2)50(66-46(73)11-7-12-49(76)82-72-47(74)17-18-48(72)75)52(78)63-36(5)51(77)64-40-15-13-37(14-16-40)31-81-55(80)70(21-9-19-61)44-24-39(56(26-35(4)27-56)54-67-62-32-68(54)6)25-45(65-44)71-30-42-41(53(71)79)22-38(23-43(42)57(58,59)60)29-69-20-8-10-34(3)28-69/h13-16,22-25,32-36,50H,7-12,17-18,20-21,26-31H2,1-6H3,(H,63,78)(H,64,77)(H,66,73)/t34-,35?,36-,50-,56?/m0/s1. The molecule has 25 heteroatoms. The first-order valence-electron chi connectivity index (χ1n) is 27.5. The van der Waals surface area contributed by atoms with Gasteiger partial charge in [-0.3, -0.25) is 43.5 Å². The van der Waals surface area contributed by atoms with E-state index in [0.717, 1.165) is 36.9 Å². The Bertz CT molecular complexity index is 3140. The first kappa shape index (κ1) is 59.8. The lowest BCUT2D eigenvalue weighted by atomic mass is 9.58. The number of carbonyl (C=O) groups is 8. The van der Waals surface area contributed by atoms with E-state index in [2.05, 4.69) is 44.9 Å². The van der Waals surface area contributed by atoms with Gasteiger partial charge >= 0.3 is 18.2 Å². The van der Waals surface area contributed by atoms with Gasteiger partial charge in [-0.05, 0) is 122 Å². The summed E-state index contributed by atoms with van der Waals surface area (Å²) < 4.78 is 52.5. The quantitative estimate of drug-likeness (QED) is 0.0728. The molecule has 4 aliphatic rings. The van der Waals surface area contributed by atoms with Crippen molar-refractivity contribution in [3.8, 4) is 6.07 Å². The van der Waals surface area contributed by atoms with E-state index in [0.29, 0.717) is 52.0 Å². The first-order valence-corrected chi connectivity index (χ1v) is 27.5. The third kappa shape index (κ3) is 13.7. The second-order valence-corrected chi connectivity index (χ2v) is 22.2. The number of nitrogens with one attached hydrogen (secondary N) is 3. The molecule has 1 aliphatic carbocycles. The summed E-state index contributed by atoms with van der Waals surface area (Å²) >= 11 is 0. The van der Waals surface area contributed by atoms with E-state index in [4.69, 9.17) is 14.6 Å². The van der Waals surface area contributed by atoms with Crippen LogP contribution in [0.4, 0.5) is 35.3 Å². The lowest BCUT2D eigenvalue weighted by molar-refractivity contribution is -0.197. The average Bonchev–Trinajstić information content (AvgIpc) is 2.14. The molecule has 3 atom stereocenters. The van der Waals surface area contributed by atoms with E-state index in [-0.39, 0.29) is 86.9 Å². The van der Waals surface area contributed by atoms with Crippen molar-refractivity contribution in [1.29, 1.82) is 5.26 Å². The monoisotopic (exact) mass is 1140 g/mol. The van der Waals surface area contributed by atoms with Gasteiger partial charge in [0.05, 0.1) is 30.0 Å². The highest BCUT2D eigenvalue weighted by Gasteiger charge is 2.50. The van der Waals surface area contributed by atoms with Gasteiger partial charge in [-0.1, -0.05) is 39.8 Å². The van der Waals surface area contributed by atoms with Crippen LogP contribution < -0.4 is 25.8 Å². The lowest BCUT2D eigenvalue weighted by Gasteiger charge is -2.46. The third-order valence-electron chi connectivity index (χ3n) is 15.2. The molecule has 436 valence electrons. The summed E-state index contributed by atoms with van der Waals surface area (Å²) in [5.41, 5.74) is -0.190. The number of hydroxylamine groups is 2. The Morgan fingerprint density at radius 3 is 2.28 bits per heavy atom. The van der Waals surface area contributed by atoms with Gasteiger partial charge in [0.25, 0.3) is 17.7 Å². The Kier molecular flexibility index (Phi) is 18.4. The number of benzene rings is 2. The van der Waals surface area contributed by atoms with Gasteiger partial charge in [-0.15, -0.1) is 15.3 Å². The largest absolute Gasteiger partial charge is 0.444 e. The van der Waals surface area contributed by atoms with Crippen LogP contribution in [0.25, 0.3) is 0 Å². The number of halogens is 3. The molecule has 0 spiro atoms. The van der Waals surface area contributed by atoms with Gasteiger partial charge in [0, 0.05) is 63.6 Å². The molecule has 2 saturated heterocycles. The van der Waals surface area contributed by atoms with Crippen molar-refractivity contribution in [3.63, 3.8) is 0 Å². The number of anilines is 3. The smallest absolute Gasteiger partial charge is 0.416 e. The van der Waals surface area contributed by atoms with Gasteiger partial charge in [-0.25, -0.2) is 14.6 Å². The van der Waals surface area contributed by atoms with E-state index < -0.39 is 89.2 Å². The number of carbonyl (C=O) groups excluding carboxylic acids is 8. The van der Waals surface area contributed by atoms with Gasteiger partial charge in [0.1, 0.15) is 42.5 Å². The molecule has 2 aromatic carbocycles. The van der Waals surface area contributed by atoms with Crippen molar-refractivity contribution >= 4 is 64.8 Å². The molecule has 82 heavy (non-hydrogen) atoms. The van der Waals surface area contributed by atoms with Crippen LogP contribution in [0.5, 0.6) is 0 Å². The van der Waals surface area contributed by atoms with Crippen molar-refractivity contribution in [1.82, 2.24) is 40.3 Å². The number of hydrogen-bond donors (Lipinski definition) is 3. The van der Waals surface area contributed by atoms with Gasteiger partial charge in [-0.2, -0.15) is 18.4 Å². The van der Waals surface area contributed by atoms with Crippen molar-refractivity contribution in [3.05, 3.63) is 94.1 Å². The minimum Gasteiger partial charge on any atom is -0.444 e. The molecule has 0 unspecified atom stereocenters. The first-order chi connectivity index (χ1) is 38.9. The number of aryl methyl sites for hydroxylation is 1. The number of pyridine rings is 1. The Morgan fingerprint density at radius 1 is 0.927 bits per heavy atom. The number of amides is 7. The highest BCUT2D eigenvalue weighted by Crippen LogP contribution is 2.53. The van der Waals surface area contributed by atoms with Crippen LogP contribution in [0, 0.1) is 29.1 Å². The number of nitriles is 1. The van der Waals surface area contributed by atoms with Crippen molar-refractivity contribution in [2.75, 3.05) is 34.8 Å². The van der Waals surface area contributed by atoms with Crippen molar-refractivity contribution < 1.29 is 61.1 Å². The molecule has 3 aliphatic heterocycles. The van der Waals surface area contributed by atoms with Crippen LogP contribution in [-0.2, 0) is 76.7 Å². The molecule has 0 radical (unpaired) electrons. The molecular formula is C57H67F3N12O10. The Labute approximate surface area is 472 Å². The number of likely N-dealkylation sites (tertiary alicyclic amines) is 1. The predicted molar refractivity (Wildman–Crippen MR) is 288 cm³/mol. The van der Waals surface area contributed by atoms with Gasteiger partial charge < -0.3 is 30.1 Å². The Balaban J connectivity index is 0.944. The molecule has 3 N–H and O–H groups in total. The maximum atomic E-state index is 15.0. The fraction of sp³-hybridized carbons (Fsp3) is 0.509. The molecule has 7 amide bonds.